The molecule has 1 unspecified atom stereocenters. The molecule has 132 valence electrons. The highest BCUT2D eigenvalue weighted by atomic mass is 35.5. The molecule has 1 aromatic heterocycles. The van der Waals surface area contributed by atoms with E-state index < -0.39 is 6.04 Å². The van der Waals surface area contributed by atoms with Crippen LogP contribution in [0.5, 0.6) is 0 Å². The topological polar surface area (TPSA) is 88.6 Å². The normalized spacial score (nSPS) is 12.5. The Morgan fingerprint density at radius 3 is 2.43 bits per heavy atom. The number of hydrogen-bond donors (Lipinski definition) is 2. The first-order valence-corrected chi connectivity index (χ1v) is 7.47. The molecule has 0 spiro atoms. The molecule has 0 aromatic carbocycles. The summed E-state index contributed by atoms with van der Waals surface area (Å²) in [6.45, 7) is 8.81. The minimum Gasteiger partial charge on any atom is -0.459 e. The Morgan fingerprint density at radius 2 is 2.00 bits per heavy atom. The number of nitrogens with one attached hydrogen (secondary N) is 1. The summed E-state index contributed by atoms with van der Waals surface area (Å²) in [5.74, 6) is -0.349. The number of carbonyl (C=O) groups is 2. The van der Waals surface area contributed by atoms with Crippen LogP contribution >= 0.6 is 12.4 Å². The lowest BCUT2D eigenvalue weighted by Gasteiger charge is -2.32. The Kier molecular flexibility index (Phi) is 8.34. The second-order valence-electron chi connectivity index (χ2n) is 6.74. The molecule has 1 atom stereocenters. The standard InChI is InChI=1S/C16H27N3O3.ClH/c1-11(2)13(18-14(20)12-7-6-8-22-12)15(21)19(5)10-16(3,4)9-17;/h6-8,11,13H,9-10,17H2,1-5H3,(H,18,20);1H. The largest absolute Gasteiger partial charge is 0.459 e. The van der Waals surface area contributed by atoms with Gasteiger partial charge < -0.3 is 20.4 Å². The van der Waals surface area contributed by atoms with Crippen LogP contribution in [-0.2, 0) is 4.79 Å². The summed E-state index contributed by atoms with van der Waals surface area (Å²) in [5, 5.41) is 2.75. The predicted molar refractivity (Wildman–Crippen MR) is 92.5 cm³/mol. The molecular formula is C16H28ClN3O3. The third-order valence-electron chi connectivity index (χ3n) is 3.56. The van der Waals surface area contributed by atoms with Crippen molar-refractivity contribution in [3.63, 3.8) is 0 Å². The average Bonchev–Trinajstić information content (AvgIpc) is 2.97. The number of nitrogens with two attached hydrogens (primary N) is 1. The molecule has 0 aliphatic carbocycles. The zero-order valence-corrected chi connectivity index (χ0v) is 15.3. The Morgan fingerprint density at radius 1 is 1.39 bits per heavy atom. The molecule has 1 aromatic rings. The molecule has 0 radical (unpaired) electrons. The first kappa shape index (κ1) is 21.5. The number of amides is 2. The highest BCUT2D eigenvalue weighted by Crippen LogP contribution is 2.16. The SMILES string of the molecule is CC(C)C(NC(=O)c1ccco1)C(=O)N(C)CC(C)(C)CN.Cl. The quantitative estimate of drug-likeness (QED) is 0.790. The van der Waals surface area contributed by atoms with E-state index in [9.17, 15) is 9.59 Å². The van der Waals surface area contributed by atoms with E-state index in [1.54, 1.807) is 24.1 Å². The van der Waals surface area contributed by atoms with Gasteiger partial charge in [-0.05, 0) is 30.0 Å². The molecule has 2 amide bonds. The van der Waals surface area contributed by atoms with Crippen LogP contribution in [0.25, 0.3) is 0 Å². The van der Waals surface area contributed by atoms with Crippen molar-refractivity contribution in [2.75, 3.05) is 20.1 Å². The first-order valence-electron chi connectivity index (χ1n) is 7.47. The van der Waals surface area contributed by atoms with E-state index >= 15 is 0 Å². The molecule has 3 N–H and O–H groups in total. The van der Waals surface area contributed by atoms with Crippen LogP contribution in [0, 0.1) is 11.3 Å². The van der Waals surface area contributed by atoms with E-state index in [1.165, 1.54) is 6.26 Å². The second-order valence-corrected chi connectivity index (χ2v) is 6.74. The van der Waals surface area contributed by atoms with Gasteiger partial charge in [-0.3, -0.25) is 9.59 Å². The van der Waals surface area contributed by atoms with Crippen molar-refractivity contribution in [3.05, 3.63) is 24.2 Å². The van der Waals surface area contributed by atoms with Crippen LogP contribution in [0.2, 0.25) is 0 Å². The first-order chi connectivity index (χ1) is 10.2. The van der Waals surface area contributed by atoms with Crippen molar-refractivity contribution in [2.24, 2.45) is 17.1 Å². The zero-order chi connectivity index (χ0) is 16.9. The summed E-state index contributed by atoms with van der Waals surface area (Å²) in [4.78, 5) is 26.3. The highest BCUT2D eigenvalue weighted by molar-refractivity contribution is 5.95. The van der Waals surface area contributed by atoms with Crippen LogP contribution in [0.3, 0.4) is 0 Å². The van der Waals surface area contributed by atoms with Gasteiger partial charge in [-0.2, -0.15) is 0 Å². The predicted octanol–water partition coefficient (Wildman–Crippen LogP) is 1.90. The fourth-order valence-electron chi connectivity index (χ4n) is 2.16. The lowest BCUT2D eigenvalue weighted by atomic mass is 9.92. The van der Waals surface area contributed by atoms with Crippen molar-refractivity contribution in [1.82, 2.24) is 10.2 Å². The monoisotopic (exact) mass is 345 g/mol. The molecule has 0 aliphatic heterocycles. The number of furan rings is 1. The highest BCUT2D eigenvalue weighted by Gasteiger charge is 2.30. The molecule has 7 heteroatoms. The van der Waals surface area contributed by atoms with Gasteiger partial charge >= 0.3 is 0 Å². The van der Waals surface area contributed by atoms with Crippen LogP contribution in [0.4, 0.5) is 0 Å². The van der Waals surface area contributed by atoms with Gasteiger partial charge in [0.2, 0.25) is 5.91 Å². The smallest absolute Gasteiger partial charge is 0.287 e. The summed E-state index contributed by atoms with van der Waals surface area (Å²) >= 11 is 0. The maximum atomic E-state index is 12.6. The van der Waals surface area contributed by atoms with Gasteiger partial charge in [0.25, 0.3) is 5.91 Å². The van der Waals surface area contributed by atoms with Crippen molar-refractivity contribution in [2.45, 2.75) is 33.7 Å². The summed E-state index contributed by atoms with van der Waals surface area (Å²) in [6.07, 6.45) is 1.43. The lowest BCUT2D eigenvalue weighted by Crippen LogP contribution is -2.52. The fourth-order valence-corrected chi connectivity index (χ4v) is 2.16. The van der Waals surface area contributed by atoms with Gasteiger partial charge in [0, 0.05) is 13.6 Å². The summed E-state index contributed by atoms with van der Waals surface area (Å²) in [5.41, 5.74) is 5.55. The van der Waals surface area contributed by atoms with E-state index in [2.05, 4.69) is 5.32 Å². The lowest BCUT2D eigenvalue weighted by molar-refractivity contribution is -0.134. The van der Waals surface area contributed by atoms with Gasteiger partial charge in [0.1, 0.15) is 6.04 Å². The van der Waals surface area contributed by atoms with E-state index in [4.69, 9.17) is 10.2 Å². The fraction of sp³-hybridized carbons (Fsp3) is 0.625. The maximum absolute atomic E-state index is 12.6. The number of hydrogen-bond acceptors (Lipinski definition) is 4. The van der Waals surface area contributed by atoms with E-state index in [0.29, 0.717) is 13.1 Å². The summed E-state index contributed by atoms with van der Waals surface area (Å²) in [6, 6.07) is 2.60. The molecule has 0 saturated carbocycles. The van der Waals surface area contributed by atoms with Gasteiger partial charge in [0.05, 0.1) is 6.26 Å². The van der Waals surface area contributed by atoms with Crippen LogP contribution in [0.15, 0.2) is 22.8 Å². The van der Waals surface area contributed by atoms with Crippen molar-refractivity contribution < 1.29 is 14.0 Å². The molecule has 23 heavy (non-hydrogen) atoms. The molecule has 1 rings (SSSR count). The van der Waals surface area contributed by atoms with Gasteiger partial charge in [-0.15, -0.1) is 12.4 Å². The average molecular weight is 346 g/mol. The molecule has 0 aliphatic rings. The molecule has 0 bridgehead atoms. The summed E-state index contributed by atoms with van der Waals surface area (Å²) < 4.78 is 5.06. The number of nitrogens with zero attached hydrogens (tertiary/aromatic N) is 1. The molecule has 0 fully saturated rings. The second kappa shape index (κ2) is 8.93. The molecule has 0 saturated heterocycles. The van der Waals surface area contributed by atoms with Crippen molar-refractivity contribution in [1.29, 1.82) is 0 Å². The number of likely N-dealkylation sites (N-methyl/N-ethyl adjacent to an activating group) is 1. The molecule has 6 nitrogen and oxygen atoms in total. The maximum Gasteiger partial charge on any atom is 0.287 e. The van der Waals surface area contributed by atoms with Crippen LogP contribution in [0.1, 0.15) is 38.2 Å². The Bertz CT molecular complexity index is 501. The third kappa shape index (κ3) is 6.23. The number of halogens is 1. The van der Waals surface area contributed by atoms with Gasteiger partial charge in [-0.1, -0.05) is 27.7 Å². The third-order valence-corrected chi connectivity index (χ3v) is 3.56. The van der Waals surface area contributed by atoms with Crippen molar-refractivity contribution in [3.8, 4) is 0 Å². The minimum absolute atomic E-state index is 0. The number of rotatable bonds is 7. The molecular weight excluding hydrogens is 318 g/mol. The van der Waals surface area contributed by atoms with E-state index in [-0.39, 0.29) is 41.3 Å². The zero-order valence-electron chi connectivity index (χ0n) is 14.5. The van der Waals surface area contributed by atoms with Crippen molar-refractivity contribution >= 4 is 24.2 Å². The van der Waals surface area contributed by atoms with Crippen LogP contribution in [-0.4, -0.2) is 42.9 Å². The van der Waals surface area contributed by atoms with E-state index in [0.717, 1.165) is 0 Å². The molecule has 1 heterocycles. The Balaban J connectivity index is 0.00000484. The minimum atomic E-state index is -0.601. The van der Waals surface area contributed by atoms with Gasteiger partial charge in [-0.25, -0.2) is 0 Å². The van der Waals surface area contributed by atoms with Gasteiger partial charge in [0.15, 0.2) is 5.76 Å². The Hall–Kier alpha value is -1.53. The van der Waals surface area contributed by atoms with E-state index in [1.807, 2.05) is 27.7 Å². The van der Waals surface area contributed by atoms with Crippen LogP contribution < -0.4 is 11.1 Å². The Labute approximate surface area is 144 Å². The summed E-state index contributed by atoms with van der Waals surface area (Å²) in [7, 11) is 1.73. The number of carbonyl (C=O) groups excluding carboxylic acids is 2.